The highest BCUT2D eigenvalue weighted by molar-refractivity contribution is 5.96. The number of benzene rings is 2. The predicted molar refractivity (Wildman–Crippen MR) is 192 cm³/mol. The Kier molecular flexibility index (Phi) is 15.7. The van der Waals surface area contributed by atoms with Crippen LogP contribution in [-0.2, 0) is 30.4 Å². The largest absolute Gasteiger partial charge is 0.507 e. The lowest BCUT2D eigenvalue weighted by Crippen LogP contribution is -2.56. The fraction of sp³-hybridized carbons (Fsp3) is 0.553. The number of nitrogens with one attached hydrogen (secondary N) is 4. The molecule has 2 aromatic carbocycles. The van der Waals surface area contributed by atoms with Gasteiger partial charge < -0.3 is 36.4 Å². The van der Waals surface area contributed by atoms with E-state index < -0.39 is 41.9 Å². The summed E-state index contributed by atoms with van der Waals surface area (Å²) in [6.45, 7) is 7.78. The summed E-state index contributed by atoms with van der Waals surface area (Å²) in [6.07, 6.45) is 9.80. The first-order valence-corrected chi connectivity index (χ1v) is 17.9. The number of phenolic OH excluding ortho intramolecular Hbond substituents is 2. The van der Waals surface area contributed by atoms with Crippen molar-refractivity contribution < 1.29 is 34.2 Å². The van der Waals surface area contributed by atoms with Crippen molar-refractivity contribution in [2.24, 2.45) is 0 Å². The Hall–Kier alpha value is -4.45. The van der Waals surface area contributed by atoms with Crippen molar-refractivity contribution in [1.29, 1.82) is 0 Å². The van der Waals surface area contributed by atoms with Crippen LogP contribution in [-0.4, -0.2) is 82.8 Å². The summed E-state index contributed by atoms with van der Waals surface area (Å²) in [4.78, 5) is 67.1. The Bertz CT molecular complexity index is 1500. The van der Waals surface area contributed by atoms with E-state index in [0.29, 0.717) is 17.7 Å². The fourth-order valence-corrected chi connectivity index (χ4v) is 5.96. The number of hydrogen-bond donors (Lipinski definition) is 6. The first-order chi connectivity index (χ1) is 23.8. The number of rotatable bonds is 16. The van der Waals surface area contributed by atoms with Gasteiger partial charge >= 0.3 is 0 Å². The number of ketones is 1. The number of Topliss-reactive ketones (excluding diaryl/α,β-unsaturated/α-hetero) is 1. The maximum atomic E-state index is 13.9. The van der Waals surface area contributed by atoms with Gasteiger partial charge in [0.1, 0.15) is 29.6 Å². The van der Waals surface area contributed by atoms with Gasteiger partial charge in [0.15, 0.2) is 5.78 Å². The summed E-state index contributed by atoms with van der Waals surface area (Å²) < 4.78 is 0. The zero-order valence-corrected chi connectivity index (χ0v) is 30.1. The van der Waals surface area contributed by atoms with Crippen molar-refractivity contribution in [3.8, 4) is 22.6 Å². The lowest BCUT2D eigenvalue weighted by molar-refractivity contribution is -0.140. The first-order valence-electron chi connectivity index (χ1n) is 17.9. The zero-order valence-electron chi connectivity index (χ0n) is 30.1. The molecular weight excluding hydrogens is 638 g/mol. The highest BCUT2D eigenvalue weighted by Gasteiger charge is 2.33. The molecule has 0 saturated carbocycles. The maximum Gasteiger partial charge on any atom is 0.248 e. The van der Waals surface area contributed by atoms with Gasteiger partial charge in [-0.3, -0.25) is 24.0 Å². The van der Waals surface area contributed by atoms with Crippen LogP contribution in [0, 0.1) is 0 Å². The minimum Gasteiger partial charge on any atom is -0.507 e. The zero-order chi connectivity index (χ0) is 36.8. The number of phenols is 2. The van der Waals surface area contributed by atoms with Crippen LogP contribution < -0.4 is 21.3 Å². The van der Waals surface area contributed by atoms with Crippen LogP contribution >= 0.6 is 0 Å². The van der Waals surface area contributed by atoms with Gasteiger partial charge in [-0.25, -0.2) is 0 Å². The summed E-state index contributed by atoms with van der Waals surface area (Å²) in [5.74, 6) is -2.80. The third-order valence-corrected chi connectivity index (χ3v) is 9.23. The average molecular weight is 694 g/mol. The molecule has 1 aliphatic rings. The number of unbranched alkanes of at least 4 members (excludes halogenated alkanes) is 7. The lowest BCUT2D eigenvalue weighted by atomic mass is 9.93. The molecule has 50 heavy (non-hydrogen) atoms. The number of amides is 4. The monoisotopic (exact) mass is 693 g/mol. The standard InChI is InChI=1S/C38H55N5O7/c1-6-7-8-9-10-11-12-13-19-39-20-18-34(47)43(5)35-28-15-17-33(46)30(23-28)29-21-27(14-16-32(29)45)22-31(37(49)40-24(2)26(4)44)42-36(48)25(3)41-38(35)50/h14-17,21,23-25,31,35,39,45-46H,6-13,18-20,22H2,1-5H3,(H,40,49)(H,41,50)(H,42,48)/t24-,25-,31-,35-/m0/s1. The molecule has 0 aromatic heterocycles. The highest BCUT2D eigenvalue weighted by atomic mass is 16.3. The van der Waals surface area contributed by atoms with Crippen LogP contribution in [0.2, 0.25) is 0 Å². The van der Waals surface area contributed by atoms with Gasteiger partial charge in [-0.1, -0.05) is 64.0 Å². The molecule has 2 aromatic rings. The first kappa shape index (κ1) is 40.0. The van der Waals surface area contributed by atoms with E-state index in [9.17, 15) is 34.2 Å². The molecule has 1 aliphatic heterocycles. The summed E-state index contributed by atoms with van der Waals surface area (Å²) in [5.41, 5.74) is 1.36. The predicted octanol–water partition coefficient (Wildman–Crippen LogP) is 4.02. The van der Waals surface area contributed by atoms with E-state index >= 15 is 0 Å². The fourth-order valence-electron chi connectivity index (χ4n) is 5.96. The number of carbonyl (C=O) groups is 5. The van der Waals surface area contributed by atoms with Gasteiger partial charge in [-0.2, -0.15) is 0 Å². The minimum atomic E-state index is -1.19. The molecule has 12 nitrogen and oxygen atoms in total. The number of hydrogen-bond acceptors (Lipinski definition) is 8. The minimum absolute atomic E-state index is 0.0104. The molecular formula is C38H55N5O7. The Labute approximate surface area is 295 Å². The Balaban J connectivity index is 1.84. The van der Waals surface area contributed by atoms with Crippen LogP contribution in [0.1, 0.15) is 103 Å². The third kappa shape index (κ3) is 11.6. The SMILES string of the molecule is CCCCCCCCCCNCCC(=O)N(C)[C@@H]1C(=O)N[C@@H](C)C(=O)N[C@H](C(=O)N[C@@H](C)C(C)=O)Cc2ccc(O)c(c2)-c2cc1ccc2O. The van der Waals surface area contributed by atoms with Gasteiger partial charge in [0, 0.05) is 37.6 Å². The molecule has 1 heterocycles. The Morgan fingerprint density at radius 3 is 2.16 bits per heavy atom. The summed E-state index contributed by atoms with van der Waals surface area (Å²) in [6, 6.07) is 4.84. The van der Waals surface area contributed by atoms with E-state index in [-0.39, 0.29) is 47.2 Å². The van der Waals surface area contributed by atoms with E-state index in [1.165, 1.54) is 95.5 Å². The van der Waals surface area contributed by atoms with Crippen molar-refractivity contribution in [2.45, 2.75) is 116 Å². The molecule has 0 unspecified atom stereocenters. The summed E-state index contributed by atoms with van der Waals surface area (Å²) in [5, 5.41) is 33.0. The van der Waals surface area contributed by atoms with Crippen molar-refractivity contribution in [3.05, 3.63) is 47.5 Å². The second-order valence-corrected chi connectivity index (χ2v) is 13.3. The summed E-state index contributed by atoms with van der Waals surface area (Å²) >= 11 is 0. The molecule has 0 fully saturated rings. The average Bonchev–Trinajstić information content (AvgIpc) is 3.07. The molecule has 0 spiro atoms. The van der Waals surface area contributed by atoms with Crippen LogP contribution in [0.3, 0.4) is 0 Å². The van der Waals surface area contributed by atoms with Gasteiger partial charge in [0.2, 0.25) is 23.6 Å². The van der Waals surface area contributed by atoms with Gasteiger partial charge in [0.25, 0.3) is 0 Å². The summed E-state index contributed by atoms with van der Waals surface area (Å²) in [7, 11) is 1.51. The number of nitrogens with zero attached hydrogens (tertiary/aromatic N) is 1. The molecule has 4 amide bonds. The van der Waals surface area contributed by atoms with Crippen LogP contribution in [0.15, 0.2) is 36.4 Å². The van der Waals surface area contributed by atoms with E-state index in [4.69, 9.17) is 0 Å². The molecule has 12 heteroatoms. The van der Waals surface area contributed by atoms with Crippen molar-refractivity contribution in [2.75, 3.05) is 20.1 Å². The molecule has 4 bridgehead atoms. The third-order valence-electron chi connectivity index (χ3n) is 9.23. The van der Waals surface area contributed by atoms with Gasteiger partial charge in [-0.05, 0) is 69.1 Å². The quantitative estimate of drug-likeness (QED) is 0.143. The van der Waals surface area contributed by atoms with Gasteiger partial charge in [0.05, 0.1) is 6.04 Å². The Morgan fingerprint density at radius 2 is 1.50 bits per heavy atom. The van der Waals surface area contributed by atoms with Crippen LogP contribution in [0.4, 0.5) is 0 Å². The molecule has 274 valence electrons. The van der Waals surface area contributed by atoms with Crippen LogP contribution in [0.5, 0.6) is 11.5 Å². The molecule has 6 N–H and O–H groups in total. The van der Waals surface area contributed by atoms with E-state index in [1.807, 2.05) is 0 Å². The molecule has 4 atom stereocenters. The highest BCUT2D eigenvalue weighted by Crippen LogP contribution is 2.38. The Morgan fingerprint density at radius 1 is 0.880 bits per heavy atom. The topological polar surface area (TPSA) is 177 Å². The second-order valence-electron chi connectivity index (χ2n) is 13.3. The van der Waals surface area contributed by atoms with Crippen molar-refractivity contribution >= 4 is 29.4 Å². The number of aromatic hydroxyl groups is 2. The van der Waals surface area contributed by atoms with E-state index in [1.54, 1.807) is 12.1 Å². The molecule has 3 rings (SSSR count). The van der Waals surface area contributed by atoms with Crippen LogP contribution in [0.25, 0.3) is 11.1 Å². The lowest BCUT2D eigenvalue weighted by Gasteiger charge is -2.30. The molecule has 0 aliphatic carbocycles. The number of carbonyl (C=O) groups excluding carboxylic acids is 5. The number of likely N-dealkylation sites (N-methyl/N-ethyl adjacent to an activating group) is 1. The van der Waals surface area contributed by atoms with E-state index in [0.717, 1.165) is 19.4 Å². The van der Waals surface area contributed by atoms with Crippen molar-refractivity contribution in [1.82, 2.24) is 26.2 Å². The second kappa shape index (κ2) is 19.7. The van der Waals surface area contributed by atoms with Crippen molar-refractivity contribution in [3.63, 3.8) is 0 Å². The molecule has 0 radical (unpaired) electrons. The molecule has 0 saturated heterocycles. The maximum absolute atomic E-state index is 13.9. The number of fused-ring (bicyclic) bond motifs is 5. The smallest absolute Gasteiger partial charge is 0.248 e. The normalized spacial score (nSPS) is 18.3. The van der Waals surface area contributed by atoms with E-state index in [2.05, 4.69) is 28.2 Å². The van der Waals surface area contributed by atoms with Gasteiger partial charge in [-0.15, -0.1) is 0 Å².